The van der Waals surface area contributed by atoms with E-state index < -0.39 is 17.8 Å². The second-order valence-electron chi connectivity index (χ2n) is 6.20. The number of anilines is 2. The predicted octanol–water partition coefficient (Wildman–Crippen LogP) is 2.76. The van der Waals surface area contributed by atoms with Crippen molar-refractivity contribution in [3.8, 4) is 0 Å². The Balaban J connectivity index is 1.79. The highest BCUT2D eigenvalue weighted by Crippen LogP contribution is 2.48. The van der Waals surface area contributed by atoms with Crippen LogP contribution in [-0.2, 0) is 14.4 Å². The van der Waals surface area contributed by atoms with Crippen molar-refractivity contribution >= 4 is 40.8 Å². The maximum atomic E-state index is 12.6. The number of aliphatic carboxylic acids is 1. The first-order valence-corrected chi connectivity index (χ1v) is 8.03. The van der Waals surface area contributed by atoms with Crippen LogP contribution in [0.1, 0.15) is 13.3 Å². The van der Waals surface area contributed by atoms with E-state index >= 15 is 0 Å². The van der Waals surface area contributed by atoms with Crippen molar-refractivity contribution in [1.29, 1.82) is 0 Å². The van der Waals surface area contributed by atoms with Crippen LogP contribution in [0.5, 0.6) is 0 Å². The number of carbonyl (C=O) groups excluding carboxylic acids is 2. The summed E-state index contributed by atoms with van der Waals surface area (Å²) in [5, 5.41) is 15.1. The minimum absolute atomic E-state index is 0.0433. The predicted molar refractivity (Wildman–Crippen MR) is 89.7 cm³/mol. The molecule has 2 aliphatic rings. The molecular weight excluding hydrogens is 332 g/mol. The van der Waals surface area contributed by atoms with E-state index in [1.54, 1.807) is 18.2 Å². The summed E-state index contributed by atoms with van der Waals surface area (Å²) in [6, 6.07) is 4.74. The summed E-state index contributed by atoms with van der Waals surface area (Å²) in [5.74, 6) is -2.94. The molecule has 1 aromatic rings. The van der Waals surface area contributed by atoms with E-state index in [4.69, 9.17) is 11.6 Å². The average molecular weight is 349 g/mol. The first-order chi connectivity index (χ1) is 11.4. The van der Waals surface area contributed by atoms with Crippen LogP contribution in [-0.4, -0.2) is 22.9 Å². The van der Waals surface area contributed by atoms with Gasteiger partial charge in [-0.2, -0.15) is 0 Å². The number of carbonyl (C=O) groups is 3. The average Bonchev–Trinajstić information content (AvgIpc) is 3.10. The zero-order valence-electron chi connectivity index (χ0n) is 13.0. The lowest BCUT2D eigenvalue weighted by molar-refractivity contribution is -0.146. The molecule has 1 aromatic carbocycles. The summed E-state index contributed by atoms with van der Waals surface area (Å²) in [7, 11) is 0. The van der Waals surface area contributed by atoms with Gasteiger partial charge in [-0.25, -0.2) is 0 Å². The molecule has 126 valence electrons. The summed E-state index contributed by atoms with van der Waals surface area (Å²) in [6.45, 7) is 1.36. The zero-order chi connectivity index (χ0) is 17.4. The SMILES string of the molecule is CC(=O)Nc1cc(NC(=O)[C@H]2[C@@H](C(=O)O)[C@H]3C=C[C@H]2C3)ccc1Cl. The minimum atomic E-state index is -0.943. The summed E-state index contributed by atoms with van der Waals surface area (Å²) in [6.07, 6.45) is 4.52. The van der Waals surface area contributed by atoms with Crippen LogP contribution in [0.15, 0.2) is 30.4 Å². The normalized spacial score (nSPS) is 27.1. The highest BCUT2D eigenvalue weighted by molar-refractivity contribution is 6.33. The third-order valence-corrected chi connectivity index (χ3v) is 4.92. The van der Waals surface area contributed by atoms with Gasteiger partial charge in [0.25, 0.3) is 0 Å². The number of rotatable bonds is 4. The van der Waals surface area contributed by atoms with Crippen molar-refractivity contribution in [3.63, 3.8) is 0 Å². The molecule has 24 heavy (non-hydrogen) atoms. The Morgan fingerprint density at radius 2 is 1.79 bits per heavy atom. The van der Waals surface area contributed by atoms with Crippen LogP contribution in [0.2, 0.25) is 5.02 Å². The number of allylic oxidation sites excluding steroid dienone is 2. The van der Waals surface area contributed by atoms with Gasteiger partial charge in [-0.1, -0.05) is 23.8 Å². The van der Waals surface area contributed by atoms with Gasteiger partial charge in [-0.15, -0.1) is 0 Å². The standard InChI is InChI=1S/C17H17ClN2O4/c1-8(21)19-13-7-11(4-5-12(13)18)20-16(22)14-9-2-3-10(6-9)15(14)17(23)24/h2-5,7,9-10,14-15H,6H2,1H3,(H,19,21)(H,20,22)(H,23,24)/t9-,10-,14+,15-/m0/s1. The number of carboxylic acids is 1. The van der Waals surface area contributed by atoms with Crippen molar-refractivity contribution in [2.45, 2.75) is 13.3 Å². The Bertz CT molecular complexity index is 746. The van der Waals surface area contributed by atoms with Gasteiger partial charge >= 0.3 is 5.97 Å². The largest absolute Gasteiger partial charge is 0.481 e. The molecule has 0 radical (unpaired) electrons. The van der Waals surface area contributed by atoms with E-state index in [1.165, 1.54) is 6.92 Å². The maximum Gasteiger partial charge on any atom is 0.307 e. The molecule has 2 amide bonds. The first-order valence-electron chi connectivity index (χ1n) is 7.66. The molecule has 1 saturated carbocycles. The van der Waals surface area contributed by atoms with Gasteiger partial charge in [0.05, 0.1) is 22.5 Å². The number of halogens is 1. The monoisotopic (exact) mass is 348 g/mol. The number of hydrogen-bond acceptors (Lipinski definition) is 3. The Morgan fingerprint density at radius 3 is 2.42 bits per heavy atom. The lowest BCUT2D eigenvalue weighted by Crippen LogP contribution is -2.36. The molecular formula is C17H17ClN2O4. The number of carboxylic acid groups (broad SMARTS) is 1. The Labute approximate surface area is 143 Å². The zero-order valence-corrected chi connectivity index (χ0v) is 13.7. The number of nitrogens with one attached hydrogen (secondary N) is 2. The molecule has 1 fully saturated rings. The Kier molecular flexibility index (Phi) is 4.32. The van der Waals surface area contributed by atoms with Crippen LogP contribution in [0.4, 0.5) is 11.4 Å². The molecule has 3 N–H and O–H groups in total. The Hall–Kier alpha value is -2.34. The van der Waals surface area contributed by atoms with Crippen LogP contribution in [0, 0.1) is 23.7 Å². The third-order valence-electron chi connectivity index (χ3n) is 4.59. The molecule has 0 aliphatic heterocycles. The summed E-state index contributed by atoms with van der Waals surface area (Å²) < 4.78 is 0. The Morgan fingerprint density at radius 1 is 1.12 bits per heavy atom. The van der Waals surface area contributed by atoms with Gasteiger partial charge in [0.15, 0.2) is 0 Å². The highest BCUT2D eigenvalue weighted by atomic mass is 35.5. The fourth-order valence-electron chi connectivity index (χ4n) is 3.63. The van der Waals surface area contributed by atoms with Gasteiger partial charge in [0.1, 0.15) is 0 Å². The molecule has 7 heteroatoms. The molecule has 3 rings (SSSR count). The first kappa shape index (κ1) is 16.5. The van der Waals surface area contributed by atoms with Crippen LogP contribution in [0.3, 0.4) is 0 Å². The van der Waals surface area contributed by atoms with Gasteiger partial charge in [0.2, 0.25) is 11.8 Å². The fraction of sp³-hybridized carbons (Fsp3) is 0.353. The number of amides is 2. The molecule has 0 spiro atoms. The quantitative estimate of drug-likeness (QED) is 0.729. The summed E-state index contributed by atoms with van der Waals surface area (Å²) >= 11 is 6.01. The minimum Gasteiger partial charge on any atom is -0.481 e. The molecule has 0 saturated heterocycles. The van der Waals surface area contributed by atoms with Crippen molar-refractivity contribution in [2.75, 3.05) is 10.6 Å². The number of hydrogen-bond donors (Lipinski definition) is 3. The topological polar surface area (TPSA) is 95.5 Å². The van der Waals surface area contributed by atoms with E-state index in [9.17, 15) is 19.5 Å². The molecule has 6 nitrogen and oxygen atoms in total. The molecule has 0 aromatic heterocycles. The second kappa shape index (κ2) is 6.28. The van der Waals surface area contributed by atoms with Gasteiger partial charge in [-0.3, -0.25) is 14.4 Å². The van der Waals surface area contributed by atoms with Crippen molar-refractivity contribution < 1.29 is 19.5 Å². The van der Waals surface area contributed by atoms with Crippen LogP contribution < -0.4 is 10.6 Å². The van der Waals surface area contributed by atoms with Crippen molar-refractivity contribution in [3.05, 3.63) is 35.4 Å². The molecule has 0 unspecified atom stereocenters. The van der Waals surface area contributed by atoms with Gasteiger partial charge in [0, 0.05) is 12.6 Å². The van der Waals surface area contributed by atoms with E-state index in [0.717, 1.165) is 0 Å². The maximum absolute atomic E-state index is 12.6. The molecule has 2 bridgehead atoms. The van der Waals surface area contributed by atoms with Crippen LogP contribution in [0.25, 0.3) is 0 Å². The van der Waals surface area contributed by atoms with E-state index in [2.05, 4.69) is 10.6 Å². The second-order valence-corrected chi connectivity index (χ2v) is 6.61. The lowest BCUT2D eigenvalue weighted by atomic mass is 9.82. The van der Waals surface area contributed by atoms with E-state index in [1.807, 2.05) is 12.2 Å². The van der Waals surface area contributed by atoms with Crippen LogP contribution >= 0.6 is 11.6 Å². The summed E-state index contributed by atoms with van der Waals surface area (Å²) in [5.41, 5.74) is 0.855. The van der Waals surface area contributed by atoms with E-state index in [-0.39, 0.29) is 23.7 Å². The lowest BCUT2D eigenvalue weighted by Gasteiger charge is -2.24. The third kappa shape index (κ3) is 3.01. The number of benzene rings is 1. The smallest absolute Gasteiger partial charge is 0.307 e. The fourth-order valence-corrected chi connectivity index (χ4v) is 3.80. The summed E-state index contributed by atoms with van der Waals surface area (Å²) in [4.78, 5) is 35.3. The van der Waals surface area contributed by atoms with Gasteiger partial charge < -0.3 is 15.7 Å². The molecule has 4 atom stereocenters. The van der Waals surface area contributed by atoms with Crippen molar-refractivity contribution in [2.24, 2.45) is 23.7 Å². The molecule has 2 aliphatic carbocycles. The number of fused-ring (bicyclic) bond motifs is 2. The molecule has 0 heterocycles. The highest BCUT2D eigenvalue weighted by Gasteiger charge is 2.51. The van der Waals surface area contributed by atoms with Gasteiger partial charge in [-0.05, 0) is 36.5 Å². The van der Waals surface area contributed by atoms with Crippen molar-refractivity contribution in [1.82, 2.24) is 0 Å². The van der Waals surface area contributed by atoms with E-state index in [0.29, 0.717) is 22.8 Å².